The van der Waals surface area contributed by atoms with Gasteiger partial charge in [-0.25, -0.2) is 4.98 Å². The van der Waals surface area contributed by atoms with E-state index in [2.05, 4.69) is 10.3 Å². The second-order valence-electron chi connectivity index (χ2n) is 4.27. The molecule has 1 fully saturated rings. The van der Waals surface area contributed by atoms with Crippen LogP contribution >= 0.6 is 0 Å². The first-order valence-corrected chi connectivity index (χ1v) is 5.64. The summed E-state index contributed by atoms with van der Waals surface area (Å²) in [6.45, 7) is 0.462. The zero-order chi connectivity index (χ0) is 12.3. The molecular weight excluding hydrogens is 220 g/mol. The Labute approximate surface area is 99.8 Å². The molecule has 5 heteroatoms. The Hall–Kier alpha value is -1.62. The lowest BCUT2D eigenvalue weighted by molar-refractivity contribution is -0.148. The zero-order valence-corrected chi connectivity index (χ0v) is 9.77. The number of nitrogens with zero attached hydrogens (tertiary/aromatic N) is 1. The van der Waals surface area contributed by atoms with Crippen molar-refractivity contribution in [3.05, 3.63) is 23.9 Å². The number of ether oxygens (including phenoxy) is 1. The van der Waals surface area contributed by atoms with Crippen molar-refractivity contribution in [3.63, 3.8) is 0 Å². The van der Waals surface area contributed by atoms with Crippen LogP contribution in [0.25, 0.3) is 0 Å². The van der Waals surface area contributed by atoms with Gasteiger partial charge in [0.15, 0.2) is 0 Å². The van der Waals surface area contributed by atoms with E-state index < -0.39 is 11.5 Å². The molecule has 0 aliphatic heterocycles. The first-order valence-electron chi connectivity index (χ1n) is 5.64. The van der Waals surface area contributed by atoms with Gasteiger partial charge in [0.1, 0.15) is 5.54 Å². The minimum absolute atomic E-state index is 0.462. The van der Waals surface area contributed by atoms with E-state index in [0.717, 1.165) is 12.0 Å². The van der Waals surface area contributed by atoms with E-state index >= 15 is 0 Å². The molecule has 1 aromatic rings. The van der Waals surface area contributed by atoms with Crippen LogP contribution in [0.5, 0.6) is 5.88 Å². The monoisotopic (exact) mass is 236 g/mol. The van der Waals surface area contributed by atoms with Crippen LogP contribution in [0.15, 0.2) is 18.3 Å². The zero-order valence-electron chi connectivity index (χ0n) is 9.77. The molecule has 1 saturated carbocycles. The van der Waals surface area contributed by atoms with E-state index in [9.17, 15) is 9.90 Å². The van der Waals surface area contributed by atoms with Gasteiger partial charge < -0.3 is 9.84 Å². The third-order valence-corrected chi connectivity index (χ3v) is 3.28. The van der Waals surface area contributed by atoms with Crippen molar-refractivity contribution in [1.29, 1.82) is 0 Å². The lowest BCUT2D eigenvalue weighted by Gasteiger charge is -2.38. The maximum Gasteiger partial charge on any atom is 0.323 e. The molecule has 0 bridgehead atoms. The van der Waals surface area contributed by atoms with Crippen LogP contribution in [0.1, 0.15) is 24.8 Å². The van der Waals surface area contributed by atoms with Crippen molar-refractivity contribution in [2.45, 2.75) is 31.3 Å². The Kier molecular flexibility index (Phi) is 3.28. The van der Waals surface area contributed by atoms with Gasteiger partial charge in [0.25, 0.3) is 0 Å². The molecule has 2 rings (SSSR count). The SMILES string of the molecule is COc1ncccc1CNC1(C(=O)O)CCC1. The highest BCUT2D eigenvalue weighted by molar-refractivity contribution is 5.79. The first-order chi connectivity index (χ1) is 8.18. The topological polar surface area (TPSA) is 71.5 Å². The van der Waals surface area contributed by atoms with Crippen LogP contribution in [-0.2, 0) is 11.3 Å². The van der Waals surface area contributed by atoms with E-state index in [4.69, 9.17) is 4.74 Å². The van der Waals surface area contributed by atoms with Crippen molar-refractivity contribution in [2.75, 3.05) is 7.11 Å². The molecule has 0 aromatic carbocycles. The van der Waals surface area contributed by atoms with Crippen LogP contribution in [0, 0.1) is 0 Å². The number of hydrogen-bond donors (Lipinski definition) is 2. The molecule has 0 radical (unpaired) electrons. The number of nitrogens with one attached hydrogen (secondary N) is 1. The van der Waals surface area contributed by atoms with Gasteiger partial charge in [0, 0.05) is 18.3 Å². The summed E-state index contributed by atoms with van der Waals surface area (Å²) in [7, 11) is 1.56. The van der Waals surface area contributed by atoms with E-state index in [-0.39, 0.29) is 0 Å². The predicted octanol–water partition coefficient (Wildman–Crippen LogP) is 1.19. The van der Waals surface area contributed by atoms with E-state index in [1.165, 1.54) is 0 Å². The van der Waals surface area contributed by atoms with Crippen molar-refractivity contribution >= 4 is 5.97 Å². The smallest absolute Gasteiger partial charge is 0.323 e. The number of pyridine rings is 1. The summed E-state index contributed by atoms with van der Waals surface area (Å²) in [5.74, 6) is -0.230. The Balaban J connectivity index is 2.04. The molecule has 1 aliphatic carbocycles. The van der Waals surface area contributed by atoms with Crippen LogP contribution in [0.2, 0.25) is 0 Å². The van der Waals surface area contributed by atoms with E-state index in [0.29, 0.717) is 25.3 Å². The predicted molar refractivity (Wildman–Crippen MR) is 61.8 cm³/mol. The van der Waals surface area contributed by atoms with Gasteiger partial charge in [-0.05, 0) is 25.3 Å². The minimum atomic E-state index is -0.772. The Morgan fingerprint density at radius 3 is 2.94 bits per heavy atom. The fourth-order valence-corrected chi connectivity index (χ4v) is 2.00. The lowest BCUT2D eigenvalue weighted by atomic mass is 9.76. The van der Waals surface area contributed by atoms with Gasteiger partial charge in [-0.3, -0.25) is 10.1 Å². The number of methoxy groups -OCH3 is 1. The Morgan fingerprint density at radius 1 is 1.65 bits per heavy atom. The molecule has 0 spiro atoms. The lowest BCUT2D eigenvalue weighted by Crippen LogP contribution is -2.56. The van der Waals surface area contributed by atoms with Crippen LogP contribution in [0.3, 0.4) is 0 Å². The van der Waals surface area contributed by atoms with Crippen LogP contribution < -0.4 is 10.1 Å². The van der Waals surface area contributed by atoms with Crippen LogP contribution in [0.4, 0.5) is 0 Å². The quantitative estimate of drug-likeness (QED) is 0.803. The number of hydrogen-bond acceptors (Lipinski definition) is 4. The van der Waals surface area contributed by atoms with Gasteiger partial charge in [0.05, 0.1) is 7.11 Å². The Bertz CT molecular complexity index is 416. The number of rotatable bonds is 5. The van der Waals surface area contributed by atoms with E-state index in [1.807, 2.05) is 12.1 Å². The standard InChI is InChI=1S/C12H16N2O3/c1-17-10-9(4-2-7-13-10)8-14-12(11(15)16)5-3-6-12/h2,4,7,14H,3,5-6,8H2,1H3,(H,15,16). The highest BCUT2D eigenvalue weighted by atomic mass is 16.5. The number of aliphatic carboxylic acids is 1. The summed E-state index contributed by atoms with van der Waals surface area (Å²) in [6, 6.07) is 3.70. The van der Waals surface area contributed by atoms with Crippen LogP contribution in [-0.4, -0.2) is 28.7 Å². The maximum atomic E-state index is 11.2. The van der Waals surface area contributed by atoms with Crippen molar-refractivity contribution in [3.8, 4) is 5.88 Å². The van der Waals surface area contributed by atoms with Gasteiger partial charge in [-0.15, -0.1) is 0 Å². The highest BCUT2D eigenvalue weighted by Gasteiger charge is 2.43. The number of carboxylic acid groups (broad SMARTS) is 1. The van der Waals surface area contributed by atoms with Gasteiger partial charge >= 0.3 is 5.97 Å². The molecule has 0 amide bonds. The number of aromatic nitrogens is 1. The second-order valence-corrected chi connectivity index (χ2v) is 4.27. The summed E-state index contributed by atoms with van der Waals surface area (Å²) in [5, 5.41) is 12.3. The molecule has 0 saturated heterocycles. The third-order valence-electron chi connectivity index (χ3n) is 3.28. The average Bonchev–Trinajstić information content (AvgIpc) is 2.27. The third kappa shape index (κ3) is 2.24. The summed E-state index contributed by atoms with van der Waals surface area (Å²) in [4.78, 5) is 15.2. The summed E-state index contributed by atoms with van der Waals surface area (Å²) >= 11 is 0. The van der Waals surface area contributed by atoms with Crippen molar-refractivity contribution in [2.24, 2.45) is 0 Å². The average molecular weight is 236 g/mol. The largest absolute Gasteiger partial charge is 0.481 e. The molecule has 0 unspecified atom stereocenters. The number of carboxylic acids is 1. The van der Waals surface area contributed by atoms with Gasteiger partial charge in [0.2, 0.25) is 5.88 Å². The molecule has 1 aliphatic rings. The van der Waals surface area contributed by atoms with Gasteiger partial charge in [-0.1, -0.05) is 6.07 Å². The summed E-state index contributed by atoms with van der Waals surface area (Å²) in [5.41, 5.74) is 0.128. The molecule has 2 N–H and O–H groups in total. The van der Waals surface area contributed by atoms with Crippen molar-refractivity contribution < 1.29 is 14.6 Å². The first kappa shape index (κ1) is 11.9. The molecule has 5 nitrogen and oxygen atoms in total. The molecule has 1 heterocycles. The fraction of sp³-hybridized carbons (Fsp3) is 0.500. The Morgan fingerprint density at radius 2 is 2.41 bits per heavy atom. The normalized spacial score (nSPS) is 17.2. The summed E-state index contributed by atoms with van der Waals surface area (Å²) < 4.78 is 5.12. The second kappa shape index (κ2) is 4.71. The van der Waals surface area contributed by atoms with E-state index in [1.54, 1.807) is 13.3 Å². The molecule has 0 atom stereocenters. The van der Waals surface area contributed by atoms with Crippen molar-refractivity contribution in [1.82, 2.24) is 10.3 Å². The fourth-order valence-electron chi connectivity index (χ4n) is 2.00. The minimum Gasteiger partial charge on any atom is -0.481 e. The highest BCUT2D eigenvalue weighted by Crippen LogP contribution is 2.32. The number of carbonyl (C=O) groups is 1. The summed E-state index contributed by atoms with van der Waals surface area (Å²) in [6.07, 6.45) is 3.98. The van der Waals surface area contributed by atoms with Gasteiger partial charge in [-0.2, -0.15) is 0 Å². The molecule has 1 aromatic heterocycles. The molecule has 92 valence electrons. The maximum absolute atomic E-state index is 11.2. The molecular formula is C12H16N2O3. The molecule has 17 heavy (non-hydrogen) atoms.